The lowest BCUT2D eigenvalue weighted by atomic mass is 10.2. The Balaban J connectivity index is 2.70. The topological polar surface area (TPSA) is 40.5 Å². The number of carbonyl (C=O) groups excluding carboxylic acids is 1. The summed E-state index contributed by atoms with van der Waals surface area (Å²) in [5, 5.41) is 8.76. The monoisotopic (exact) mass is 333 g/mol. The number of halogens is 1. The van der Waals surface area contributed by atoms with Crippen LogP contribution in [0.3, 0.4) is 0 Å². The van der Waals surface area contributed by atoms with Crippen molar-refractivity contribution in [2.75, 3.05) is 19.7 Å². The van der Waals surface area contributed by atoms with E-state index < -0.39 is 0 Å². The van der Waals surface area contributed by atoms with Crippen LogP contribution in [-0.2, 0) is 0 Å². The normalized spacial score (nSPS) is 10.2. The standard InChI is InChI=1S/C12H16INO2/c1-2-14(8-3-9-15)12(16)10-4-6-11(13)7-5-10/h4-7,15H,2-3,8-9H2,1H3. The van der Waals surface area contributed by atoms with Gasteiger partial charge in [-0.3, -0.25) is 4.79 Å². The highest BCUT2D eigenvalue weighted by atomic mass is 127. The van der Waals surface area contributed by atoms with E-state index in [9.17, 15) is 4.79 Å². The molecule has 0 bridgehead atoms. The van der Waals surface area contributed by atoms with Crippen molar-refractivity contribution in [3.8, 4) is 0 Å². The van der Waals surface area contributed by atoms with Gasteiger partial charge in [-0.05, 0) is 60.2 Å². The van der Waals surface area contributed by atoms with Crippen LogP contribution in [0.4, 0.5) is 0 Å². The Morgan fingerprint density at radius 1 is 1.38 bits per heavy atom. The fourth-order valence-corrected chi connectivity index (χ4v) is 1.80. The Labute approximate surface area is 110 Å². The first-order valence-corrected chi connectivity index (χ1v) is 6.42. The fraction of sp³-hybridized carbons (Fsp3) is 0.417. The molecule has 0 atom stereocenters. The van der Waals surface area contributed by atoms with Crippen LogP contribution in [0.2, 0.25) is 0 Å². The van der Waals surface area contributed by atoms with Crippen molar-refractivity contribution in [3.05, 3.63) is 33.4 Å². The molecule has 0 aliphatic heterocycles. The first kappa shape index (κ1) is 13.4. The maximum atomic E-state index is 12.0. The molecule has 1 aromatic rings. The Kier molecular flexibility index (Phi) is 5.76. The number of amides is 1. The van der Waals surface area contributed by atoms with Crippen LogP contribution in [0.25, 0.3) is 0 Å². The van der Waals surface area contributed by atoms with E-state index in [1.165, 1.54) is 0 Å². The third-order valence-electron chi connectivity index (χ3n) is 2.35. The molecule has 16 heavy (non-hydrogen) atoms. The first-order chi connectivity index (χ1) is 7.69. The van der Waals surface area contributed by atoms with E-state index in [0.717, 1.165) is 3.57 Å². The van der Waals surface area contributed by atoms with Crippen molar-refractivity contribution in [2.24, 2.45) is 0 Å². The molecule has 0 unspecified atom stereocenters. The number of aliphatic hydroxyl groups excluding tert-OH is 1. The second-order valence-electron chi connectivity index (χ2n) is 3.47. The second-order valence-corrected chi connectivity index (χ2v) is 4.71. The average Bonchev–Trinajstić information content (AvgIpc) is 2.30. The molecule has 0 aliphatic carbocycles. The summed E-state index contributed by atoms with van der Waals surface area (Å²) in [5.41, 5.74) is 0.709. The number of hydrogen-bond donors (Lipinski definition) is 1. The molecule has 1 aromatic carbocycles. The maximum Gasteiger partial charge on any atom is 0.253 e. The van der Waals surface area contributed by atoms with E-state index in [2.05, 4.69) is 22.6 Å². The van der Waals surface area contributed by atoms with Crippen LogP contribution >= 0.6 is 22.6 Å². The number of hydrogen-bond acceptors (Lipinski definition) is 2. The van der Waals surface area contributed by atoms with Gasteiger partial charge in [0.15, 0.2) is 0 Å². The summed E-state index contributed by atoms with van der Waals surface area (Å²) in [6.45, 7) is 3.35. The van der Waals surface area contributed by atoms with Crippen LogP contribution in [0.5, 0.6) is 0 Å². The summed E-state index contributed by atoms with van der Waals surface area (Å²) < 4.78 is 1.12. The molecule has 0 heterocycles. The minimum absolute atomic E-state index is 0.0346. The molecule has 0 saturated heterocycles. The quantitative estimate of drug-likeness (QED) is 0.839. The van der Waals surface area contributed by atoms with Crippen LogP contribution in [-0.4, -0.2) is 35.6 Å². The van der Waals surface area contributed by atoms with E-state index in [1.807, 2.05) is 31.2 Å². The molecule has 1 N–H and O–H groups in total. The van der Waals surface area contributed by atoms with Crippen molar-refractivity contribution in [1.82, 2.24) is 4.90 Å². The highest BCUT2D eigenvalue weighted by molar-refractivity contribution is 14.1. The highest BCUT2D eigenvalue weighted by Crippen LogP contribution is 2.09. The van der Waals surface area contributed by atoms with Gasteiger partial charge in [0.2, 0.25) is 0 Å². The largest absolute Gasteiger partial charge is 0.396 e. The molecule has 1 rings (SSSR count). The Morgan fingerprint density at radius 3 is 2.50 bits per heavy atom. The van der Waals surface area contributed by atoms with Gasteiger partial charge in [-0.15, -0.1) is 0 Å². The van der Waals surface area contributed by atoms with Crippen LogP contribution in [0.15, 0.2) is 24.3 Å². The van der Waals surface area contributed by atoms with Gasteiger partial charge in [-0.1, -0.05) is 0 Å². The van der Waals surface area contributed by atoms with Gasteiger partial charge < -0.3 is 10.0 Å². The van der Waals surface area contributed by atoms with Gasteiger partial charge in [0, 0.05) is 28.8 Å². The van der Waals surface area contributed by atoms with Gasteiger partial charge >= 0.3 is 0 Å². The van der Waals surface area contributed by atoms with E-state index in [0.29, 0.717) is 25.1 Å². The first-order valence-electron chi connectivity index (χ1n) is 5.34. The summed E-state index contributed by atoms with van der Waals surface area (Å²) in [5.74, 6) is 0.0346. The van der Waals surface area contributed by atoms with Gasteiger partial charge in [-0.25, -0.2) is 0 Å². The molecule has 0 radical (unpaired) electrons. The Hall–Kier alpha value is -0.620. The molecule has 4 heteroatoms. The smallest absolute Gasteiger partial charge is 0.253 e. The minimum Gasteiger partial charge on any atom is -0.396 e. The average molecular weight is 333 g/mol. The number of benzene rings is 1. The molecule has 0 spiro atoms. The lowest BCUT2D eigenvalue weighted by Gasteiger charge is -2.20. The maximum absolute atomic E-state index is 12.0. The van der Waals surface area contributed by atoms with Crippen LogP contribution in [0, 0.1) is 3.57 Å². The number of rotatable bonds is 5. The van der Waals surface area contributed by atoms with E-state index in [4.69, 9.17) is 5.11 Å². The van der Waals surface area contributed by atoms with Crippen molar-refractivity contribution in [3.63, 3.8) is 0 Å². The van der Waals surface area contributed by atoms with Gasteiger partial charge in [-0.2, -0.15) is 0 Å². The summed E-state index contributed by atoms with van der Waals surface area (Å²) in [4.78, 5) is 13.8. The SMILES string of the molecule is CCN(CCCO)C(=O)c1ccc(I)cc1. The molecule has 88 valence electrons. The Morgan fingerprint density at radius 2 is 2.00 bits per heavy atom. The summed E-state index contributed by atoms with van der Waals surface area (Å²) in [6.07, 6.45) is 0.629. The van der Waals surface area contributed by atoms with Crippen molar-refractivity contribution in [1.29, 1.82) is 0 Å². The molecule has 1 amide bonds. The van der Waals surface area contributed by atoms with Crippen molar-refractivity contribution in [2.45, 2.75) is 13.3 Å². The number of carbonyl (C=O) groups is 1. The van der Waals surface area contributed by atoms with Gasteiger partial charge in [0.25, 0.3) is 5.91 Å². The van der Waals surface area contributed by atoms with E-state index >= 15 is 0 Å². The van der Waals surface area contributed by atoms with Crippen LogP contribution < -0.4 is 0 Å². The zero-order valence-corrected chi connectivity index (χ0v) is 11.5. The predicted octanol–water partition coefficient (Wildman–Crippen LogP) is 2.14. The molecular formula is C12H16INO2. The van der Waals surface area contributed by atoms with Gasteiger partial charge in [0.05, 0.1) is 0 Å². The molecule has 3 nitrogen and oxygen atoms in total. The number of aliphatic hydroxyl groups is 1. The third kappa shape index (κ3) is 3.75. The minimum atomic E-state index is 0.0346. The molecule has 0 fully saturated rings. The highest BCUT2D eigenvalue weighted by Gasteiger charge is 2.12. The third-order valence-corrected chi connectivity index (χ3v) is 3.07. The summed E-state index contributed by atoms with van der Waals surface area (Å²) in [7, 11) is 0. The molecule has 0 aliphatic rings. The summed E-state index contributed by atoms with van der Waals surface area (Å²) in [6, 6.07) is 7.53. The predicted molar refractivity (Wildman–Crippen MR) is 72.4 cm³/mol. The molecular weight excluding hydrogens is 317 g/mol. The zero-order valence-electron chi connectivity index (χ0n) is 9.32. The lowest BCUT2D eigenvalue weighted by Crippen LogP contribution is -2.32. The zero-order chi connectivity index (χ0) is 12.0. The fourth-order valence-electron chi connectivity index (χ4n) is 1.44. The van der Waals surface area contributed by atoms with Crippen molar-refractivity contribution < 1.29 is 9.90 Å². The van der Waals surface area contributed by atoms with E-state index in [-0.39, 0.29) is 12.5 Å². The van der Waals surface area contributed by atoms with Crippen molar-refractivity contribution >= 4 is 28.5 Å². The lowest BCUT2D eigenvalue weighted by molar-refractivity contribution is 0.0754. The molecule has 0 saturated carbocycles. The summed E-state index contributed by atoms with van der Waals surface area (Å²) >= 11 is 2.21. The molecule has 0 aromatic heterocycles. The Bertz CT molecular complexity index is 337. The van der Waals surface area contributed by atoms with Crippen LogP contribution in [0.1, 0.15) is 23.7 Å². The second kappa shape index (κ2) is 6.85. The number of nitrogens with zero attached hydrogens (tertiary/aromatic N) is 1. The van der Waals surface area contributed by atoms with E-state index in [1.54, 1.807) is 4.90 Å². The van der Waals surface area contributed by atoms with Gasteiger partial charge in [0.1, 0.15) is 0 Å².